The Morgan fingerprint density at radius 3 is 2.19 bits per heavy atom. The van der Waals surface area contributed by atoms with E-state index >= 15 is 0 Å². The molecule has 1 saturated carbocycles. The molecule has 2 aliphatic rings. The molecule has 1 saturated heterocycles. The number of carbonyl (C=O) groups is 2. The first-order chi connectivity index (χ1) is 12.8. The van der Waals surface area contributed by atoms with E-state index in [-0.39, 0.29) is 23.3 Å². The molecule has 1 aromatic heterocycles. The summed E-state index contributed by atoms with van der Waals surface area (Å²) in [5, 5.41) is 4.76. The lowest BCUT2D eigenvalue weighted by Gasteiger charge is -2.34. The van der Waals surface area contributed by atoms with Gasteiger partial charge in [-0.05, 0) is 66.4 Å². The van der Waals surface area contributed by atoms with Crippen LogP contribution >= 0.6 is 0 Å². The molecule has 0 radical (unpaired) electrons. The highest BCUT2D eigenvalue weighted by molar-refractivity contribution is 5.93. The third kappa shape index (κ3) is 4.19. The summed E-state index contributed by atoms with van der Waals surface area (Å²) in [6.45, 7) is 13.1. The minimum absolute atomic E-state index is 0.0449. The molecule has 6 heteroatoms. The lowest BCUT2D eigenvalue weighted by atomic mass is 9.95. The van der Waals surface area contributed by atoms with Gasteiger partial charge < -0.3 is 9.80 Å². The first-order valence-electron chi connectivity index (χ1n) is 10.4. The number of carbonyl (C=O) groups excluding carboxylic acids is 2. The minimum atomic E-state index is -0.227. The molecular weight excluding hydrogens is 340 g/mol. The largest absolute Gasteiger partial charge is 0.343 e. The molecule has 1 aliphatic heterocycles. The van der Waals surface area contributed by atoms with Crippen molar-refractivity contribution in [3.8, 4) is 0 Å². The lowest BCUT2D eigenvalue weighted by molar-refractivity contribution is -0.136. The van der Waals surface area contributed by atoms with Gasteiger partial charge >= 0.3 is 0 Å². The fourth-order valence-electron chi connectivity index (χ4n) is 3.93. The molecule has 6 nitrogen and oxygen atoms in total. The van der Waals surface area contributed by atoms with Gasteiger partial charge in [0.2, 0.25) is 5.91 Å². The molecule has 1 aromatic rings. The molecule has 1 aliphatic carbocycles. The fourth-order valence-corrected chi connectivity index (χ4v) is 3.93. The highest BCUT2D eigenvalue weighted by Gasteiger charge is 2.35. The second kappa shape index (κ2) is 7.64. The average Bonchev–Trinajstić information content (AvgIpc) is 3.39. The van der Waals surface area contributed by atoms with Crippen LogP contribution in [0.3, 0.4) is 0 Å². The van der Waals surface area contributed by atoms with Crippen molar-refractivity contribution in [3.63, 3.8) is 0 Å². The Kier molecular flexibility index (Phi) is 5.63. The number of nitrogens with zero attached hydrogens (tertiary/aromatic N) is 4. The molecule has 2 amide bonds. The minimum Gasteiger partial charge on any atom is -0.343 e. The van der Waals surface area contributed by atoms with Crippen LogP contribution in [0.1, 0.15) is 82.4 Å². The van der Waals surface area contributed by atoms with Crippen LogP contribution in [0.15, 0.2) is 6.07 Å². The third-order valence-electron chi connectivity index (χ3n) is 5.78. The van der Waals surface area contributed by atoms with Crippen molar-refractivity contribution in [2.24, 2.45) is 5.92 Å². The first-order valence-corrected chi connectivity index (χ1v) is 10.4. The summed E-state index contributed by atoms with van der Waals surface area (Å²) in [7, 11) is 0. The van der Waals surface area contributed by atoms with E-state index in [2.05, 4.69) is 20.8 Å². The van der Waals surface area contributed by atoms with Gasteiger partial charge in [0.05, 0.1) is 11.2 Å². The van der Waals surface area contributed by atoms with E-state index in [1.54, 1.807) is 0 Å². The topological polar surface area (TPSA) is 58.4 Å². The summed E-state index contributed by atoms with van der Waals surface area (Å²) in [5.41, 5.74) is 1.52. The van der Waals surface area contributed by atoms with Crippen LogP contribution in [-0.4, -0.2) is 57.6 Å². The summed E-state index contributed by atoms with van der Waals surface area (Å²) in [6.07, 6.45) is 3.85. The van der Waals surface area contributed by atoms with Crippen LogP contribution in [0.25, 0.3) is 0 Å². The maximum atomic E-state index is 13.2. The first kappa shape index (κ1) is 19.9. The van der Waals surface area contributed by atoms with E-state index in [0.717, 1.165) is 31.6 Å². The van der Waals surface area contributed by atoms with E-state index in [9.17, 15) is 9.59 Å². The SMILES string of the molecule is CCN(CC)C(=O)C1CCN(C(=O)c2cc(C3CC3)nn2C(C)(C)C)CC1. The van der Waals surface area contributed by atoms with Crippen LogP contribution in [0.2, 0.25) is 0 Å². The number of amides is 2. The lowest BCUT2D eigenvalue weighted by Crippen LogP contribution is -2.45. The third-order valence-corrected chi connectivity index (χ3v) is 5.78. The van der Waals surface area contributed by atoms with Gasteiger partial charge in [-0.2, -0.15) is 5.10 Å². The highest BCUT2D eigenvalue weighted by Crippen LogP contribution is 2.40. The predicted octanol–water partition coefficient (Wildman–Crippen LogP) is 3.24. The maximum Gasteiger partial charge on any atom is 0.272 e. The Morgan fingerprint density at radius 1 is 1.11 bits per heavy atom. The quantitative estimate of drug-likeness (QED) is 0.795. The monoisotopic (exact) mass is 374 g/mol. The van der Waals surface area contributed by atoms with Gasteiger partial charge in [0.15, 0.2) is 0 Å². The number of aromatic nitrogens is 2. The van der Waals surface area contributed by atoms with Gasteiger partial charge in [-0.3, -0.25) is 14.3 Å². The van der Waals surface area contributed by atoms with E-state index in [1.165, 1.54) is 12.8 Å². The van der Waals surface area contributed by atoms with Crippen molar-refractivity contribution >= 4 is 11.8 Å². The molecule has 0 N–H and O–H groups in total. The normalized spacial score (nSPS) is 18.6. The Balaban J connectivity index is 1.70. The molecule has 150 valence electrons. The number of hydrogen-bond donors (Lipinski definition) is 0. The Bertz CT molecular complexity index is 688. The van der Waals surface area contributed by atoms with Gasteiger partial charge in [0, 0.05) is 38.0 Å². The molecule has 0 aromatic carbocycles. The average molecular weight is 375 g/mol. The highest BCUT2D eigenvalue weighted by atomic mass is 16.2. The van der Waals surface area contributed by atoms with Crippen molar-refractivity contribution in [2.45, 2.75) is 71.8 Å². The molecule has 0 bridgehead atoms. The van der Waals surface area contributed by atoms with Gasteiger partial charge in [0.25, 0.3) is 5.91 Å². The Labute approximate surface area is 162 Å². The second-order valence-corrected chi connectivity index (χ2v) is 8.89. The zero-order chi connectivity index (χ0) is 19.8. The van der Waals surface area contributed by atoms with Crippen LogP contribution in [0.5, 0.6) is 0 Å². The molecular formula is C21H34N4O2. The maximum absolute atomic E-state index is 13.2. The predicted molar refractivity (Wildman–Crippen MR) is 106 cm³/mol. The van der Waals surface area contributed by atoms with Gasteiger partial charge in [-0.25, -0.2) is 0 Å². The van der Waals surface area contributed by atoms with E-state index < -0.39 is 0 Å². The standard InChI is InChI=1S/C21H34N4O2/c1-6-23(7-2)19(26)16-10-12-24(13-11-16)20(27)18-14-17(15-8-9-15)22-25(18)21(3,4)5/h14-16H,6-13H2,1-5H3. The zero-order valence-electron chi connectivity index (χ0n) is 17.5. The van der Waals surface area contributed by atoms with E-state index in [0.29, 0.717) is 24.7 Å². The Morgan fingerprint density at radius 2 is 1.70 bits per heavy atom. The zero-order valence-corrected chi connectivity index (χ0v) is 17.5. The van der Waals surface area contributed by atoms with Gasteiger partial charge in [-0.1, -0.05) is 0 Å². The summed E-state index contributed by atoms with van der Waals surface area (Å²) in [5.74, 6) is 0.863. The van der Waals surface area contributed by atoms with Crippen LogP contribution < -0.4 is 0 Å². The molecule has 2 heterocycles. The van der Waals surface area contributed by atoms with E-state index in [1.807, 2.05) is 34.4 Å². The van der Waals surface area contributed by atoms with Crippen LogP contribution in [-0.2, 0) is 10.3 Å². The van der Waals surface area contributed by atoms with Crippen molar-refractivity contribution in [1.82, 2.24) is 19.6 Å². The number of piperidine rings is 1. The number of likely N-dealkylation sites (tertiary alicyclic amines) is 1. The molecule has 0 atom stereocenters. The molecule has 3 rings (SSSR count). The molecule has 27 heavy (non-hydrogen) atoms. The summed E-state index contributed by atoms with van der Waals surface area (Å²) in [4.78, 5) is 29.6. The van der Waals surface area contributed by atoms with Crippen molar-refractivity contribution in [2.75, 3.05) is 26.2 Å². The summed E-state index contributed by atoms with van der Waals surface area (Å²) >= 11 is 0. The molecule has 0 unspecified atom stereocenters. The van der Waals surface area contributed by atoms with Crippen molar-refractivity contribution in [1.29, 1.82) is 0 Å². The summed E-state index contributed by atoms with van der Waals surface area (Å²) in [6, 6.07) is 2.00. The van der Waals surface area contributed by atoms with Gasteiger partial charge in [-0.15, -0.1) is 0 Å². The number of rotatable bonds is 5. The molecule has 0 spiro atoms. The number of hydrogen-bond acceptors (Lipinski definition) is 3. The van der Waals surface area contributed by atoms with Crippen molar-refractivity contribution < 1.29 is 9.59 Å². The smallest absolute Gasteiger partial charge is 0.272 e. The van der Waals surface area contributed by atoms with Crippen LogP contribution in [0, 0.1) is 5.92 Å². The Hall–Kier alpha value is -1.85. The summed E-state index contributed by atoms with van der Waals surface area (Å²) < 4.78 is 1.90. The van der Waals surface area contributed by atoms with Crippen molar-refractivity contribution in [3.05, 3.63) is 17.5 Å². The van der Waals surface area contributed by atoms with E-state index in [4.69, 9.17) is 5.10 Å². The van der Waals surface area contributed by atoms with Gasteiger partial charge in [0.1, 0.15) is 5.69 Å². The van der Waals surface area contributed by atoms with Crippen LogP contribution in [0.4, 0.5) is 0 Å². The second-order valence-electron chi connectivity index (χ2n) is 8.89. The fraction of sp³-hybridized carbons (Fsp3) is 0.762. The molecule has 2 fully saturated rings.